The number of halogens is 1. The van der Waals surface area contributed by atoms with Gasteiger partial charge in [-0.2, -0.15) is 0 Å². The minimum atomic E-state index is -0.794. The summed E-state index contributed by atoms with van der Waals surface area (Å²) in [6, 6.07) is 4.76. The van der Waals surface area contributed by atoms with Crippen molar-refractivity contribution >= 4 is 11.7 Å². The maximum atomic E-state index is 12.9. The van der Waals surface area contributed by atoms with Crippen LogP contribution < -0.4 is 5.32 Å². The third-order valence-electron chi connectivity index (χ3n) is 2.49. The number of rotatable bonds is 5. The van der Waals surface area contributed by atoms with E-state index in [0.717, 1.165) is 5.69 Å². The van der Waals surface area contributed by atoms with Gasteiger partial charge in [0, 0.05) is 12.2 Å². The van der Waals surface area contributed by atoms with Crippen LogP contribution in [-0.2, 0) is 4.79 Å². The largest absolute Gasteiger partial charge is 0.481 e. The molecule has 4 heteroatoms. The van der Waals surface area contributed by atoms with E-state index in [2.05, 4.69) is 5.32 Å². The van der Waals surface area contributed by atoms with Crippen molar-refractivity contribution in [3.05, 3.63) is 29.6 Å². The van der Waals surface area contributed by atoms with E-state index in [4.69, 9.17) is 5.11 Å². The van der Waals surface area contributed by atoms with Gasteiger partial charge in [0.1, 0.15) is 5.82 Å². The molecule has 0 aliphatic carbocycles. The van der Waals surface area contributed by atoms with Crippen LogP contribution in [0.5, 0.6) is 0 Å². The molecule has 0 amide bonds. The summed E-state index contributed by atoms with van der Waals surface area (Å²) >= 11 is 0. The van der Waals surface area contributed by atoms with Crippen molar-refractivity contribution in [1.82, 2.24) is 0 Å². The van der Waals surface area contributed by atoms with Crippen LogP contribution in [0.15, 0.2) is 18.2 Å². The van der Waals surface area contributed by atoms with E-state index in [0.29, 0.717) is 18.5 Å². The van der Waals surface area contributed by atoms with Crippen LogP contribution in [0.3, 0.4) is 0 Å². The monoisotopic (exact) mass is 225 g/mol. The molecule has 16 heavy (non-hydrogen) atoms. The van der Waals surface area contributed by atoms with Gasteiger partial charge in [-0.05, 0) is 37.1 Å². The molecule has 1 aromatic carbocycles. The molecule has 0 fully saturated rings. The predicted octanol–water partition coefficient (Wildman–Crippen LogP) is 2.66. The van der Waals surface area contributed by atoms with Crippen LogP contribution in [0.1, 0.15) is 18.9 Å². The van der Waals surface area contributed by atoms with Gasteiger partial charge in [-0.25, -0.2) is 4.39 Å². The van der Waals surface area contributed by atoms with Crippen LogP contribution in [0.25, 0.3) is 0 Å². The van der Waals surface area contributed by atoms with E-state index < -0.39 is 5.97 Å². The third kappa shape index (κ3) is 3.53. The van der Waals surface area contributed by atoms with Crippen molar-refractivity contribution in [3.8, 4) is 0 Å². The first kappa shape index (κ1) is 12.5. The van der Waals surface area contributed by atoms with Gasteiger partial charge in [-0.15, -0.1) is 0 Å². The molecule has 0 spiro atoms. The molecule has 0 heterocycles. The lowest BCUT2D eigenvalue weighted by atomic mass is 10.1. The lowest BCUT2D eigenvalue weighted by Gasteiger charge is -2.09. The highest BCUT2D eigenvalue weighted by Gasteiger charge is 2.09. The summed E-state index contributed by atoms with van der Waals surface area (Å²) in [5.41, 5.74) is 1.40. The molecule has 88 valence electrons. The predicted molar refractivity (Wildman–Crippen MR) is 61.0 cm³/mol. The SMILES string of the molecule is Cc1cc(NCCC(C)C(=O)O)ccc1F. The maximum Gasteiger partial charge on any atom is 0.306 e. The number of carboxylic acids is 1. The Labute approximate surface area is 94.3 Å². The van der Waals surface area contributed by atoms with E-state index in [1.165, 1.54) is 6.07 Å². The highest BCUT2D eigenvalue weighted by molar-refractivity contribution is 5.69. The van der Waals surface area contributed by atoms with Crippen molar-refractivity contribution in [1.29, 1.82) is 0 Å². The number of aliphatic carboxylic acids is 1. The Balaban J connectivity index is 2.43. The molecule has 1 aromatic rings. The first-order valence-corrected chi connectivity index (χ1v) is 5.23. The smallest absolute Gasteiger partial charge is 0.306 e. The van der Waals surface area contributed by atoms with Gasteiger partial charge in [0.05, 0.1) is 5.92 Å². The average molecular weight is 225 g/mol. The topological polar surface area (TPSA) is 49.3 Å². The first-order chi connectivity index (χ1) is 7.50. The minimum Gasteiger partial charge on any atom is -0.481 e. The third-order valence-corrected chi connectivity index (χ3v) is 2.49. The molecule has 0 saturated carbocycles. The van der Waals surface area contributed by atoms with Gasteiger partial charge >= 0.3 is 5.97 Å². The second-order valence-electron chi connectivity index (χ2n) is 3.92. The number of carbonyl (C=O) groups is 1. The van der Waals surface area contributed by atoms with Crippen molar-refractivity contribution in [3.63, 3.8) is 0 Å². The van der Waals surface area contributed by atoms with Crippen molar-refractivity contribution < 1.29 is 14.3 Å². The zero-order valence-electron chi connectivity index (χ0n) is 9.46. The molecule has 2 N–H and O–H groups in total. The number of carboxylic acid groups (broad SMARTS) is 1. The Bertz CT molecular complexity index is 379. The van der Waals surface area contributed by atoms with Crippen molar-refractivity contribution in [2.45, 2.75) is 20.3 Å². The molecule has 1 atom stereocenters. The van der Waals surface area contributed by atoms with Crippen LogP contribution in [0, 0.1) is 18.7 Å². The lowest BCUT2D eigenvalue weighted by Crippen LogP contribution is -2.14. The molecule has 0 aromatic heterocycles. The Hall–Kier alpha value is -1.58. The number of anilines is 1. The molecule has 1 rings (SSSR count). The molecular weight excluding hydrogens is 209 g/mol. The second kappa shape index (κ2) is 5.49. The molecule has 0 bridgehead atoms. The van der Waals surface area contributed by atoms with Crippen molar-refractivity contribution in [2.24, 2.45) is 5.92 Å². The highest BCUT2D eigenvalue weighted by Crippen LogP contribution is 2.14. The number of hydrogen-bond acceptors (Lipinski definition) is 2. The zero-order valence-corrected chi connectivity index (χ0v) is 9.46. The molecule has 0 radical (unpaired) electrons. The normalized spacial score (nSPS) is 12.2. The summed E-state index contributed by atoms with van der Waals surface area (Å²) in [6.07, 6.45) is 0.547. The summed E-state index contributed by atoms with van der Waals surface area (Å²) < 4.78 is 12.9. The standard InChI is InChI=1S/C12H16FNO2/c1-8(12(15)16)5-6-14-10-3-4-11(13)9(2)7-10/h3-4,7-8,14H,5-6H2,1-2H3,(H,15,16). The molecule has 3 nitrogen and oxygen atoms in total. The van der Waals surface area contributed by atoms with Gasteiger partial charge in [0.25, 0.3) is 0 Å². The Morgan fingerprint density at radius 2 is 2.25 bits per heavy atom. The maximum absolute atomic E-state index is 12.9. The highest BCUT2D eigenvalue weighted by atomic mass is 19.1. The summed E-state index contributed by atoms with van der Waals surface area (Å²) in [4.78, 5) is 10.6. The number of nitrogens with one attached hydrogen (secondary N) is 1. The Morgan fingerprint density at radius 1 is 1.56 bits per heavy atom. The average Bonchev–Trinajstić information content (AvgIpc) is 2.23. The summed E-state index contributed by atoms with van der Waals surface area (Å²) in [5.74, 6) is -1.39. The zero-order chi connectivity index (χ0) is 12.1. The van der Waals surface area contributed by atoms with Gasteiger partial charge < -0.3 is 10.4 Å². The summed E-state index contributed by atoms with van der Waals surface area (Å²) in [5, 5.41) is 11.8. The second-order valence-corrected chi connectivity index (χ2v) is 3.92. The quantitative estimate of drug-likeness (QED) is 0.810. The van der Waals surface area contributed by atoms with Crippen LogP contribution in [0.4, 0.5) is 10.1 Å². The van der Waals surface area contributed by atoms with E-state index in [1.54, 1.807) is 26.0 Å². The molecule has 0 aliphatic rings. The van der Waals surface area contributed by atoms with Gasteiger partial charge in [0.15, 0.2) is 0 Å². The molecule has 0 aliphatic heterocycles. The van der Waals surface area contributed by atoms with Crippen molar-refractivity contribution in [2.75, 3.05) is 11.9 Å². The fourth-order valence-corrected chi connectivity index (χ4v) is 1.31. The number of aryl methyl sites for hydroxylation is 1. The lowest BCUT2D eigenvalue weighted by molar-refractivity contribution is -0.141. The number of benzene rings is 1. The fraction of sp³-hybridized carbons (Fsp3) is 0.417. The van der Waals surface area contributed by atoms with Crippen LogP contribution >= 0.6 is 0 Å². The molecule has 0 saturated heterocycles. The van der Waals surface area contributed by atoms with Crippen LogP contribution in [0.2, 0.25) is 0 Å². The van der Waals surface area contributed by atoms with E-state index in [-0.39, 0.29) is 11.7 Å². The van der Waals surface area contributed by atoms with Crippen LogP contribution in [-0.4, -0.2) is 17.6 Å². The molecule has 1 unspecified atom stereocenters. The fourth-order valence-electron chi connectivity index (χ4n) is 1.31. The summed E-state index contributed by atoms with van der Waals surface area (Å²) in [6.45, 7) is 3.93. The van der Waals surface area contributed by atoms with E-state index in [9.17, 15) is 9.18 Å². The number of hydrogen-bond donors (Lipinski definition) is 2. The van der Waals surface area contributed by atoms with Gasteiger partial charge in [-0.3, -0.25) is 4.79 Å². The minimum absolute atomic E-state index is 0.232. The first-order valence-electron chi connectivity index (χ1n) is 5.23. The van der Waals surface area contributed by atoms with Gasteiger partial charge in [0.2, 0.25) is 0 Å². The van der Waals surface area contributed by atoms with E-state index >= 15 is 0 Å². The Morgan fingerprint density at radius 3 is 2.81 bits per heavy atom. The summed E-state index contributed by atoms with van der Waals surface area (Å²) in [7, 11) is 0. The Kier molecular flexibility index (Phi) is 4.28. The molecular formula is C12H16FNO2. The van der Waals surface area contributed by atoms with E-state index in [1.807, 2.05) is 0 Å². The van der Waals surface area contributed by atoms with Gasteiger partial charge in [-0.1, -0.05) is 6.92 Å².